The molecule has 1 aliphatic carbocycles. The molecular weight excluding hydrogens is 250 g/mol. The van der Waals surface area contributed by atoms with Crippen molar-refractivity contribution in [1.82, 2.24) is 4.98 Å². The Bertz CT molecular complexity index is 732. The first-order valence-electron chi connectivity index (χ1n) is 6.76. The van der Waals surface area contributed by atoms with E-state index in [2.05, 4.69) is 4.98 Å². The van der Waals surface area contributed by atoms with Crippen molar-refractivity contribution >= 4 is 11.9 Å². The lowest BCUT2D eigenvalue weighted by molar-refractivity contribution is 0.104. The van der Waals surface area contributed by atoms with Gasteiger partial charge in [0, 0.05) is 41.9 Å². The van der Waals surface area contributed by atoms with E-state index in [9.17, 15) is 4.79 Å². The number of rotatable bonds is 1. The van der Waals surface area contributed by atoms with Crippen molar-refractivity contribution in [3.05, 3.63) is 64.5 Å². The van der Waals surface area contributed by atoms with Crippen LogP contribution in [0.15, 0.2) is 42.2 Å². The topological polar surface area (TPSA) is 39.2 Å². The highest BCUT2D eigenvalue weighted by molar-refractivity contribution is 6.16. The van der Waals surface area contributed by atoms with Crippen LogP contribution in [0.4, 0.5) is 0 Å². The molecule has 1 aliphatic heterocycles. The van der Waals surface area contributed by atoms with E-state index in [0.29, 0.717) is 13.0 Å². The molecule has 1 aromatic carbocycles. The Kier molecular flexibility index (Phi) is 2.46. The highest BCUT2D eigenvalue weighted by Crippen LogP contribution is 2.37. The van der Waals surface area contributed by atoms with Crippen molar-refractivity contribution in [2.75, 3.05) is 6.61 Å². The van der Waals surface area contributed by atoms with E-state index in [1.165, 1.54) is 0 Å². The first-order chi connectivity index (χ1) is 9.83. The van der Waals surface area contributed by atoms with E-state index in [1.807, 2.05) is 30.3 Å². The summed E-state index contributed by atoms with van der Waals surface area (Å²) in [6, 6.07) is 7.84. The Morgan fingerprint density at radius 3 is 2.85 bits per heavy atom. The van der Waals surface area contributed by atoms with Gasteiger partial charge in [-0.05, 0) is 35.4 Å². The molecule has 0 amide bonds. The molecule has 20 heavy (non-hydrogen) atoms. The van der Waals surface area contributed by atoms with Gasteiger partial charge in [0.15, 0.2) is 5.78 Å². The van der Waals surface area contributed by atoms with E-state index in [-0.39, 0.29) is 5.78 Å². The third kappa shape index (κ3) is 1.67. The largest absolute Gasteiger partial charge is 0.493 e. The number of aromatic nitrogens is 1. The van der Waals surface area contributed by atoms with Gasteiger partial charge in [0.2, 0.25) is 0 Å². The summed E-state index contributed by atoms with van der Waals surface area (Å²) < 4.78 is 5.55. The van der Waals surface area contributed by atoms with Crippen LogP contribution in [0.2, 0.25) is 0 Å². The second kappa shape index (κ2) is 4.30. The van der Waals surface area contributed by atoms with E-state index >= 15 is 0 Å². The van der Waals surface area contributed by atoms with Crippen molar-refractivity contribution in [2.45, 2.75) is 12.8 Å². The molecule has 4 rings (SSSR count). The summed E-state index contributed by atoms with van der Waals surface area (Å²) in [5.41, 5.74) is 4.96. The van der Waals surface area contributed by atoms with Gasteiger partial charge in [0.1, 0.15) is 5.75 Å². The summed E-state index contributed by atoms with van der Waals surface area (Å²) in [6.45, 7) is 0.683. The van der Waals surface area contributed by atoms with E-state index < -0.39 is 0 Å². The van der Waals surface area contributed by atoms with Crippen molar-refractivity contribution in [2.24, 2.45) is 0 Å². The predicted octanol–water partition coefficient (Wildman–Crippen LogP) is 2.84. The van der Waals surface area contributed by atoms with Crippen molar-refractivity contribution in [3.63, 3.8) is 0 Å². The number of carbonyl (C=O) groups excluding carboxylic acids is 1. The zero-order valence-corrected chi connectivity index (χ0v) is 10.9. The van der Waals surface area contributed by atoms with Crippen LogP contribution in [0.25, 0.3) is 6.08 Å². The van der Waals surface area contributed by atoms with Crippen molar-refractivity contribution in [1.29, 1.82) is 0 Å². The van der Waals surface area contributed by atoms with E-state index in [0.717, 1.165) is 40.0 Å². The number of nitrogens with zero attached hydrogens (tertiary/aromatic N) is 1. The Balaban J connectivity index is 1.78. The molecule has 3 nitrogen and oxygen atoms in total. The number of pyridine rings is 1. The third-order valence-corrected chi connectivity index (χ3v) is 3.91. The van der Waals surface area contributed by atoms with Crippen LogP contribution < -0.4 is 4.74 Å². The van der Waals surface area contributed by atoms with Gasteiger partial charge in [-0.15, -0.1) is 0 Å². The molecule has 0 spiro atoms. The molecule has 0 saturated heterocycles. The van der Waals surface area contributed by atoms with Gasteiger partial charge in [-0.1, -0.05) is 6.07 Å². The highest BCUT2D eigenvalue weighted by Gasteiger charge is 2.31. The van der Waals surface area contributed by atoms with Gasteiger partial charge < -0.3 is 4.74 Å². The van der Waals surface area contributed by atoms with Gasteiger partial charge in [0.05, 0.1) is 6.61 Å². The average molecular weight is 263 g/mol. The van der Waals surface area contributed by atoms with Gasteiger partial charge in [-0.3, -0.25) is 9.78 Å². The second-order valence-electron chi connectivity index (χ2n) is 5.13. The predicted molar refractivity (Wildman–Crippen MR) is 75.9 cm³/mol. The molecule has 98 valence electrons. The van der Waals surface area contributed by atoms with Gasteiger partial charge in [-0.2, -0.15) is 0 Å². The van der Waals surface area contributed by atoms with E-state index in [4.69, 9.17) is 4.74 Å². The molecule has 0 fully saturated rings. The first kappa shape index (κ1) is 11.4. The van der Waals surface area contributed by atoms with Gasteiger partial charge >= 0.3 is 0 Å². The summed E-state index contributed by atoms with van der Waals surface area (Å²) in [6.07, 6.45) is 7.00. The number of hydrogen-bond donors (Lipinski definition) is 0. The van der Waals surface area contributed by atoms with Crippen LogP contribution >= 0.6 is 0 Å². The lowest BCUT2D eigenvalue weighted by Crippen LogP contribution is -1.99. The van der Waals surface area contributed by atoms with Crippen LogP contribution in [-0.4, -0.2) is 17.4 Å². The molecule has 0 radical (unpaired) electrons. The molecule has 3 heteroatoms. The minimum absolute atomic E-state index is 0.152. The average Bonchev–Trinajstić information content (AvgIpc) is 3.05. The SMILES string of the molecule is O=C1/C(=C/c2ccncc2)Cc2ccc3c(c21)CCO3. The molecule has 0 N–H and O–H groups in total. The lowest BCUT2D eigenvalue weighted by Gasteiger charge is -2.03. The number of hydrogen-bond acceptors (Lipinski definition) is 3. The van der Waals surface area contributed by atoms with Crippen LogP contribution in [0.3, 0.4) is 0 Å². The quantitative estimate of drug-likeness (QED) is 0.743. The minimum atomic E-state index is 0.152. The first-order valence-corrected chi connectivity index (χ1v) is 6.76. The molecule has 0 bridgehead atoms. The fraction of sp³-hybridized carbons (Fsp3) is 0.176. The molecule has 0 unspecified atom stereocenters. The third-order valence-electron chi connectivity index (χ3n) is 3.91. The van der Waals surface area contributed by atoms with Gasteiger partial charge in [0.25, 0.3) is 0 Å². The van der Waals surface area contributed by atoms with Crippen LogP contribution in [-0.2, 0) is 12.8 Å². The summed E-state index contributed by atoms with van der Waals surface area (Å²) >= 11 is 0. The molecule has 2 aromatic rings. The number of carbonyl (C=O) groups is 1. The zero-order chi connectivity index (χ0) is 13.5. The Hall–Kier alpha value is -2.42. The number of fused-ring (bicyclic) bond motifs is 3. The molecule has 2 aliphatic rings. The number of benzene rings is 1. The van der Waals surface area contributed by atoms with Gasteiger partial charge in [-0.25, -0.2) is 0 Å². The monoisotopic (exact) mass is 263 g/mol. The number of ketones is 1. The van der Waals surface area contributed by atoms with Crippen LogP contribution in [0, 0.1) is 0 Å². The molecule has 1 aromatic heterocycles. The van der Waals surface area contributed by atoms with Crippen LogP contribution in [0.5, 0.6) is 5.75 Å². The van der Waals surface area contributed by atoms with Crippen LogP contribution in [0.1, 0.15) is 27.0 Å². The Morgan fingerprint density at radius 1 is 1.15 bits per heavy atom. The molecule has 0 saturated carbocycles. The maximum Gasteiger partial charge on any atom is 0.190 e. The smallest absolute Gasteiger partial charge is 0.190 e. The fourth-order valence-electron chi connectivity index (χ4n) is 2.98. The summed E-state index contributed by atoms with van der Waals surface area (Å²) in [4.78, 5) is 16.6. The van der Waals surface area contributed by atoms with Crippen molar-refractivity contribution in [3.8, 4) is 5.75 Å². The summed E-state index contributed by atoms with van der Waals surface area (Å²) in [5, 5.41) is 0. The number of ether oxygens (including phenoxy) is 1. The second-order valence-corrected chi connectivity index (χ2v) is 5.13. The highest BCUT2D eigenvalue weighted by atomic mass is 16.5. The van der Waals surface area contributed by atoms with E-state index in [1.54, 1.807) is 12.4 Å². The Labute approximate surface area is 116 Å². The maximum atomic E-state index is 12.6. The lowest BCUT2D eigenvalue weighted by atomic mass is 10.0. The summed E-state index contributed by atoms with van der Waals surface area (Å²) in [7, 11) is 0. The molecule has 2 heterocycles. The number of allylic oxidation sites excluding steroid dienone is 1. The fourth-order valence-corrected chi connectivity index (χ4v) is 2.98. The Morgan fingerprint density at radius 2 is 2.00 bits per heavy atom. The normalized spacial score (nSPS) is 18.0. The number of Topliss-reactive ketones (excluding diaryl/α,β-unsaturated/α-hetero) is 1. The zero-order valence-electron chi connectivity index (χ0n) is 10.9. The molecule has 0 atom stereocenters. The maximum absolute atomic E-state index is 12.6. The minimum Gasteiger partial charge on any atom is -0.493 e. The molecular formula is C17H13NO2. The standard InChI is InChI=1S/C17H13NO2/c19-17-13(9-11-3-6-18-7-4-11)10-12-1-2-15-14(16(12)17)5-8-20-15/h1-4,6-7,9H,5,8,10H2/b13-9+. The summed E-state index contributed by atoms with van der Waals surface area (Å²) in [5.74, 6) is 1.03. The van der Waals surface area contributed by atoms with Crippen molar-refractivity contribution < 1.29 is 9.53 Å².